The Morgan fingerprint density at radius 1 is 1.24 bits per heavy atom. The number of hydrogen-bond acceptors (Lipinski definition) is 2. The number of amides is 1. The minimum Gasteiger partial charge on any atom is -0.352 e. The fourth-order valence-corrected chi connectivity index (χ4v) is 4.66. The SMILES string of the molecule is CC(=O)C1C(=O)NC2CCC(Br)CC2C1c1ccccc1. The Kier molecular flexibility index (Phi) is 4.16. The highest BCUT2D eigenvalue weighted by Gasteiger charge is 2.48. The molecule has 1 saturated heterocycles. The van der Waals surface area contributed by atoms with E-state index in [1.165, 1.54) is 6.92 Å². The molecule has 3 nitrogen and oxygen atoms in total. The lowest BCUT2D eigenvalue weighted by Gasteiger charge is -2.46. The summed E-state index contributed by atoms with van der Waals surface area (Å²) >= 11 is 3.72. The number of carbonyl (C=O) groups excluding carboxylic acids is 2. The second kappa shape index (κ2) is 5.91. The summed E-state index contributed by atoms with van der Waals surface area (Å²) in [6, 6.07) is 10.3. The number of alkyl halides is 1. The van der Waals surface area contributed by atoms with Crippen LogP contribution < -0.4 is 5.32 Å². The van der Waals surface area contributed by atoms with Gasteiger partial charge in [-0.05, 0) is 37.7 Å². The number of fused-ring (bicyclic) bond motifs is 1. The molecule has 5 unspecified atom stereocenters. The van der Waals surface area contributed by atoms with Crippen LogP contribution in [0.15, 0.2) is 30.3 Å². The standard InChI is InChI=1S/C17H20BrNO2/c1-10(20)15-16(11-5-3-2-4-6-11)13-9-12(18)7-8-14(13)19-17(15)21/h2-6,12-16H,7-9H2,1H3,(H,19,21). The predicted molar refractivity (Wildman–Crippen MR) is 85.3 cm³/mol. The fraction of sp³-hybridized carbons (Fsp3) is 0.529. The largest absolute Gasteiger partial charge is 0.352 e. The van der Waals surface area contributed by atoms with E-state index < -0.39 is 5.92 Å². The van der Waals surface area contributed by atoms with E-state index in [4.69, 9.17) is 0 Å². The molecule has 0 spiro atoms. The summed E-state index contributed by atoms with van der Waals surface area (Å²) in [7, 11) is 0. The summed E-state index contributed by atoms with van der Waals surface area (Å²) in [6.07, 6.45) is 3.07. The third-order valence-electron chi connectivity index (χ3n) is 4.89. The van der Waals surface area contributed by atoms with E-state index in [1.807, 2.05) is 30.3 Å². The highest BCUT2D eigenvalue weighted by Crippen LogP contribution is 2.45. The first-order valence-electron chi connectivity index (χ1n) is 7.57. The fourth-order valence-electron chi connectivity index (χ4n) is 3.96. The van der Waals surface area contributed by atoms with Gasteiger partial charge in [-0.15, -0.1) is 0 Å². The molecule has 1 amide bonds. The lowest BCUT2D eigenvalue weighted by atomic mass is 9.65. The number of halogens is 1. The Morgan fingerprint density at radius 3 is 2.62 bits per heavy atom. The molecule has 0 aromatic heterocycles. The first kappa shape index (κ1) is 14.8. The molecule has 1 aromatic carbocycles. The zero-order valence-electron chi connectivity index (χ0n) is 12.1. The number of nitrogens with one attached hydrogen (secondary N) is 1. The first-order chi connectivity index (χ1) is 10.1. The third-order valence-corrected chi connectivity index (χ3v) is 5.72. The van der Waals surface area contributed by atoms with Gasteiger partial charge in [0.25, 0.3) is 0 Å². The van der Waals surface area contributed by atoms with Gasteiger partial charge in [0.15, 0.2) is 0 Å². The zero-order chi connectivity index (χ0) is 15.0. The van der Waals surface area contributed by atoms with Crippen LogP contribution in [-0.4, -0.2) is 22.6 Å². The Balaban J connectivity index is 2.02. The molecule has 21 heavy (non-hydrogen) atoms. The normalized spacial score (nSPS) is 35.7. The van der Waals surface area contributed by atoms with Crippen LogP contribution in [0.1, 0.15) is 37.7 Å². The number of piperidine rings is 1. The van der Waals surface area contributed by atoms with E-state index >= 15 is 0 Å². The minimum absolute atomic E-state index is 0.00259. The van der Waals surface area contributed by atoms with E-state index in [-0.39, 0.29) is 23.7 Å². The summed E-state index contributed by atoms with van der Waals surface area (Å²) in [5.74, 6) is -0.339. The highest BCUT2D eigenvalue weighted by molar-refractivity contribution is 9.09. The van der Waals surface area contributed by atoms with Gasteiger partial charge in [0, 0.05) is 16.8 Å². The number of ketones is 1. The maximum atomic E-state index is 12.4. The monoisotopic (exact) mass is 349 g/mol. The Bertz CT molecular complexity index is 545. The van der Waals surface area contributed by atoms with Gasteiger partial charge in [-0.3, -0.25) is 9.59 Å². The van der Waals surface area contributed by atoms with E-state index in [0.29, 0.717) is 10.7 Å². The van der Waals surface area contributed by atoms with Crippen molar-refractivity contribution in [2.75, 3.05) is 0 Å². The first-order valence-corrected chi connectivity index (χ1v) is 8.49. The Labute approximate surface area is 133 Å². The molecule has 3 rings (SSSR count). The maximum Gasteiger partial charge on any atom is 0.231 e. The van der Waals surface area contributed by atoms with Crippen molar-refractivity contribution in [2.24, 2.45) is 11.8 Å². The second-order valence-electron chi connectivity index (χ2n) is 6.21. The third kappa shape index (κ3) is 2.78. The number of rotatable bonds is 2. The summed E-state index contributed by atoms with van der Waals surface area (Å²) in [6.45, 7) is 1.54. The molecule has 0 bridgehead atoms. The lowest BCUT2D eigenvalue weighted by Crippen LogP contribution is -2.57. The van der Waals surface area contributed by atoms with Crippen molar-refractivity contribution in [3.8, 4) is 0 Å². The molecule has 1 aromatic rings. The van der Waals surface area contributed by atoms with Gasteiger partial charge in [0.2, 0.25) is 5.91 Å². The molecule has 2 fully saturated rings. The number of carbonyl (C=O) groups is 2. The summed E-state index contributed by atoms with van der Waals surface area (Å²) in [5, 5.41) is 3.09. The van der Waals surface area contributed by atoms with Crippen molar-refractivity contribution in [1.82, 2.24) is 5.32 Å². The summed E-state index contributed by atoms with van der Waals surface area (Å²) in [5.41, 5.74) is 1.11. The molecule has 1 N–H and O–H groups in total. The van der Waals surface area contributed by atoms with Crippen LogP contribution in [0.3, 0.4) is 0 Å². The van der Waals surface area contributed by atoms with Crippen LogP contribution in [-0.2, 0) is 9.59 Å². The van der Waals surface area contributed by atoms with Crippen molar-refractivity contribution in [3.05, 3.63) is 35.9 Å². The van der Waals surface area contributed by atoms with E-state index in [2.05, 4.69) is 21.2 Å². The summed E-state index contributed by atoms with van der Waals surface area (Å²) < 4.78 is 0. The maximum absolute atomic E-state index is 12.4. The molecule has 1 saturated carbocycles. The van der Waals surface area contributed by atoms with Gasteiger partial charge in [-0.1, -0.05) is 46.3 Å². The minimum atomic E-state index is -0.550. The molecular formula is C17H20BrNO2. The Morgan fingerprint density at radius 2 is 1.95 bits per heavy atom. The highest BCUT2D eigenvalue weighted by atomic mass is 79.9. The van der Waals surface area contributed by atoms with Crippen molar-refractivity contribution >= 4 is 27.6 Å². The summed E-state index contributed by atoms with van der Waals surface area (Å²) in [4.78, 5) is 25.0. The van der Waals surface area contributed by atoms with Crippen molar-refractivity contribution < 1.29 is 9.59 Å². The molecule has 4 heteroatoms. The van der Waals surface area contributed by atoms with Crippen molar-refractivity contribution in [2.45, 2.75) is 43.0 Å². The number of hydrogen-bond donors (Lipinski definition) is 1. The van der Waals surface area contributed by atoms with Crippen LogP contribution in [0.25, 0.3) is 0 Å². The molecule has 0 radical (unpaired) electrons. The zero-order valence-corrected chi connectivity index (χ0v) is 13.7. The van der Waals surface area contributed by atoms with E-state index in [9.17, 15) is 9.59 Å². The van der Waals surface area contributed by atoms with Crippen LogP contribution in [0.4, 0.5) is 0 Å². The second-order valence-corrected chi connectivity index (χ2v) is 7.51. The van der Waals surface area contributed by atoms with Crippen LogP contribution >= 0.6 is 15.9 Å². The molecule has 5 atom stereocenters. The molecule has 2 aliphatic rings. The van der Waals surface area contributed by atoms with Gasteiger partial charge in [-0.25, -0.2) is 0 Å². The van der Waals surface area contributed by atoms with Gasteiger partial charge in [-0.2, -0.15) is 0 Å². The van der Waals surface area contributed by atoms with Gasteiger partial charge < -0.3 is 5.32 Å². The smallest absolute Gasteiger partial charge is 0.231 e. The van der Waals surface area contributed by atoms with Crippen molar-refractivity contribution in [1.29, 1.82) is 0 Å². The lowest BCUT2D eigenvalue weighted by molar-refractivity contribution is -0.138. The molecule has 1 aliphatic carbocycles. The van der Waals surface area contributed by atoms with Gasteiger partial charge in [0.1, 0.15) is 11.7 Å². The van der Waals surface area contributed by atoms with Crippen LogP contribution in [0, 0.1) is 11.8 Å². The van der Waals surface area contributed by atoms with E-state index in [1.54, 1.807) is 0 Å². The molecule has 1 aliphatic heterocycles. The predicted octanol–water partition coefficient (Wildman–Crippen LogP) is 3.04. The molecule has 112 valence electrons. The van der Waals surface area contributed by atoms with Crippen LogP contribution in [0.2, 0.25) is 0 Å². The Hall–Kier alpha value is -1.16. The van der Waals surface area contributed by atoms with Crippen molar-refractivity contribution in [3.63, 3.8) is 0 Å². The quantitative estimate of drug-likeness (QED) is 0.658. The average molecular weight is 350 g/mol. The number of benzene rings is 1. The topological polar surface area (TPSA) is 46.2 Å². The number of Topliss-reactive ketones (excluding diaryl/α,β-unsaturated/α-hetero) is 1. The van der Waals surface area contributed by atoms with E-state index in [0.717, 1.165) is 24.8 Å². The van der Waals surface area contributed by atoms with Gasteiger partial charge in [0.05, 0.1) is 0 Å². The average Bonchev–Trinajstić information content (AvgIpc) is 2.47. The molecule has 1 heterocycles. The molecular weight excluding hydrogens is 330 g/mol. The van der Waals surface area contributed by atoms with Gasteiger partial charge >= 0.3 is 0 Å². The van der Waals surface area contributed by atoms with Crippen LogP contribution in [0.5, 0.6) is 0 Å².